The predicted molar refractivity (Wildman–Crippen MR) is 154 cm³/mol. The van der Waals surface area contributed by atoms with Crippen LogP contribution in [0.25, 0.3) is 16.9 Å². The average molecular weight is 563 g/mol. The van der Waals surface area contributed by atoms with Crippen LogP contribution < -0.4 is 5.32 Å². The Morgan fingerprint density at radius 1 is 1.00 bits per heavy atom. The number of aryl methyl sites for hydroxylation is 1. The van der Waals surface area contributed by atoms with Gasteiger partial charge in [0.1, 0.15) is 6.54 Å². The molecule has 3 aromatic carbocycles. The fourth-order valence-corrected chi connectivity index (χ4v) is 4.75. The number of carbonyl (C=O) groups excluding carboxylic acids is 2. The van der Waals surface area contributed by atoms with E-state index in [4.69, 9.17) is 32.9 Å². The molecule has 1 atom stereocenters. The zero-order chi connectivity index (χ0) is 27.4. The monoisotopic (exact) mass is 562 g/mol. The van der Waals surface area contributed by atoms with E-state index in [9.17, 15) is 9.59 Å². The summed E-state index contributed by atoms with van der Waals surface area (Å²) in [6.45, 7) is 2.83. The molecule has 2 heterocycles. The second-order valence-corrected chi connectivity index (χ2v) is 10.4. The van der Waals surface area contributed by atoms with E-state index in [1.807, 2.05) is 54.1 Å². The first-order chi connectivity index (χ1) is 18.9. The fourth-order valence-electron chi connectivity index (χ4n) is 4.50. The summed E-state index contributed by atoms with van der Waals surface area (Å²) in [6.07, 6.45) is 3.53. The van der Waals surface area contributed by atoms with Crippen molar-refractivity contribution in [2.24, 2.45) is 0 Å². The number of halogens is 2. The van der Waals surface area contributed by atoms with Crippen LogP contribution in [0.1, 0.15) is 28.8 Å². The third kappa shape index (κ3) is 6.68. The largest absolute Gasteiger partial charge is 0.376 e. The van der Waals surface area contributed by atoms with Crippen molar-refractivity contribution in [2.75, 3.05) is 25.0 Å². The van der Waals surface area contributed by atoms with Crippen LogP contribution in [0, 0.1) is 6.92 Å². The van der Waals surface area contributed by atoms with Gasteiger partial charge in [0.05, 0.1) is 11.8 Å². The highest BCUT2D eigenvalue weighted by Gasteiger charge is 2.26. The molecule has 1 fully saturated rings. The van der Waals surface area contributed by atoms with Crippen LogP contribution in [0.2, 0.25) is 10.0 Å². The summed E-state index contributed by atoms with van der Waals surface area (Å²) in [5.74, 6) is -0.275. The Bertz CT molecular complexity index is 1450. The number of carbonyl (C=O) groups is 2. The number of hydrogen-bond acceptors (Lipinski definition) is 4. The van der Waals surface area contributed by atoms with Crippen LogP contribution in [-0.4, -0.2) is 52.1 Å². The standard InChI is InChI=1S/C30H28Cl2N4O3/c1-20-4-14-25(15-5-20)36-18-27(21-6-10-23(31)11-7-21)33-30(36)34-28(37)19-35(17-26-3-2-16-39-26)29(38)22-8-12-24(32)13-9-22/h4-15,18,26H,2-3,16-17,19H2,1H3,(H,33,34,37)/t26-/m0/s1. The average Bonchev–Trinajstić information content (AvgIpc) is 3.59. The summed E-state index contributed by atoms with van der Waals surface area (Å²) < 4.78 is 7.59. The lowest BCUT2D eigenvalue weighted by atomic mass is 10.1. The molecule has 1 saturated heterocycles. The van der Waals surface area contributed by atoms with Gasteiger partial charge in [-0.1, -0.05) is 53.0 Å². The SMILES string of the molecule is Cc1ccc(-n2cc(-c3ccc(Cl)cc3)nc2NC(=O)CN(C[C@@H]2CCCO2)C(=O)c2ccc(Cl)cc2)cc1. The molecule has 0 bridgehead atoms. The van der Waals surface area contributed by atoms with Crippen LogP contribution in [0.3, 0.4) is 0 Å². The first-order valence-corrected chi connectivity index (χ1v) is 13.5. The number of aromatic nitrogens is 2. The van der Waals surface area contributed by atoms with Crippen molar-refractivity contribution >= 4 is 41.0 Å². The molecule has 0 unspecified atom stereocenters. The molecule has 7 nitrogen and oxygen atoms in total. The predicted octanol–water partition coefficient (Wildman–Crippen LogP) is 6.41. The van der Waals surface area contributed by atoms with Gasteiger partial charge in [-0.2, -0.15) is 0 Å². The number of imidazole rings is 1. The fraction of sp³-hybridized carbons (Fsp3) is 0.233. The third-order valence-electron chi connectivity index (χ3n) is 6.57. The number of anilines is 1. The summed E-state index contributed by atoms with van der Waals surface area (Å²) >= 11 is 12.1. The Morgan fingerprint density at radius 2 is 1.67 bits per heavy atom. The summed E-state index contributed by atoms with van der Waals surface area (Å²) in [6, 6.07) is 21.9. The third-order valence-corrected chi connectivity index (χ3v) is 7.07. The minimum Gasteiger partial charge on any atom is -0.376 e. The van der Waals surface area contributed by atoms with Crippen molar-refractivity contribution in [3.63, 3.8) is 0 Å². The Hall–Kier alpha value is -3.65. The first kappa shape index (κ1) is 26.9. The molecule has 1 N–H and O–H groups in total. The van der Waals surface area contributed by atoms with E-state index in [-0.39, 0.29) is 24.5 Å². The van der Waals surface area contributed by atoms with Gasteiger partial charge in [-0.3, -0.25) is 19.5 Å². The van der Waals surface area contributed by atoms with Crippen molar-refractivity contribution in [2.45, 2.75) is 25.9 Å². The maximum atomic E-state index is 13.4. The van der Waals surface area contributed by atoms with E-state index in [0.717, 1.165) is 29.7 Å². The molecular weight excluding hydrogens is 535 g/mol. The Morgan fingerprint density at radius 3 is 2.31 bits per heavy atom. The number of rotatable bonds is 8. The minimum atomic E-state index is -0.364. The highest BCUT2D eigenvalue weighted by molar-refractivity contribution is 6.31. The lowest BCUT2D eigenvalue weighted by Gasteiger charge is -2.25. The summed E-state index contributed by atoms with van der Waals surface area (Å²) in [5, 5.41) is 4.09. The van der Waals surface area contributed by atoms with Crippen LogP contribution in [-0.2, 0) is 9.53 Å². The van der Waals surface area contributed by atoms with E-state index in [1.165, 1.54) is 4.90 Å². The highest BCUT2D eigenvalue weighted by Crippen LogP contribution is 2.26. The second-order valence-electron chi connectivity index (χ2n) is 9.54. The van der Waals surface area contributed by atoms with Crippen molar-refractivity contribution < 1.29 is 14.3 Å². The summed E-state index contributed by atoms with van der Waals surface area (Å²) in [4.78, 5) is 33.0. The summed E-state index contributed by atoms with van der Waals surface area (Å²) in [5.41, 5.74) is 3.95. The van der Waals surface area contributed by atoms with E-state index in [0.29, 0.717) is 40.4 Å². The van der Waals surface area contributed by atoms with Gasteiger partial charge in [-0.15, -0.1) is 0 Å². The van der Waals surface area contributed by atoms with Gasteiger partial charge < -0.3 is 9.64 Å². The number of hydrogen-bond donors (Lipinski definition) is 1. The van der Waals surface area contributed by atoms with Gasteiger partial charge in [0.15, 0.2) is 0 Å². The molecule has 9 heteroatoms. The van der Waals surface area contributed by atoms with Gasteiger partial charge >= 0.3 is 0 Å². The maximum absolute atomic E-state index is 13.4. The van der Waals surface area contributed by atoms with Gasteiger partial charge in [0, 0.05) is 46.2 Å². The van der Waals surface area contributed by atoms with Gasteiger partial charge in [-0.25, -0.2) is 4.98 Å². The zero-order valence-electron chi connectivity index (χ0n) is 21.4. The molecule has 0 radical (unpaired) electrons. The number of nitrogens with zero attached hydrogens (tertiary/aromatic N) is 3. The molecule has 0 spiro atoms. The molecule has 0 saturated carbocycles. The Labute approximate surface area is 237 Å². The molecule has 1 aliphatic rings. The molecule has 1 aliphatic heterocycles. The van der Waals surface area contributed by atoms with Crippen molar-refractivity contribution in [3.05, 3.63) is 100 Å². The van der Waals surface area contributed by atoms with E-state index >= 15 is 0 Å². The van der Waals surface area contributed by atoms with Crippen LogP contribution in [0.4, 0.5) is 5.95 Å². The van der Waals surface area contributed by atoms with Gasteiger partial charge in [0.2, 0.25) is 11.9 Å². The molecule has 200 valence electrons. The Balaban J connectivity index is 1.41. The molecule has 1 aromatic heterocycles. The number of amides is 2. The molecule has 0 aliphatic carbocycles. The Kier molecular flexibility index (Phi) is 8.31. The molecule has 5 rings (SSSR count). The van der Waals surface area contributed by atoms with E-state index in [2.05, 4.69) is 5.32 Å². The summed E-state index contributed by atoms with van der Waals surface area (Å²) in [7, 11) is 0. The topological polar surface area (TPSA) is 76.5 Å². The molecular formula is C30H28Cl2N4O3. The van der Waals surface area contributed by atoms with Crippen LogP contribution in [0.15, 0.2) is 79.0 Å². The van der Waals surface area contributed by atoms with Gasteiger partial charge in [0.25, 0.3) is 5.91 Å². The van der Waals surface area contributed by atoms with E-state index in [1.54, 1.807) is 36.4 Å². The molecule has 4 aromatic rings. The van der Waals surface area contributed by atoms with Crippen LogP contribution >= 0.6 is 23.2 Å². The lowest BCUT2D eigenvalue weighted by Crippen LogP contribution is -2.42. The quantitative estimate of drug-likeness (QED) is 0.269. The second kappa shape index (κ2) is 12.0. The first-order valence-electron chi connectivity index (χ1n) is 12.7. The normalized spacial score (nSPS) is 14.8. The molecule has 39 heavy (non-hydrogen) atoms. The van der Waals surface area contributed by atoms with E-state index < -0.39 is 0 Å². The number of benzene rings is 3. The highest BCUT2D eigenvalue weighted by atomic mass is 35.5. The van der Waals surface area contributed by atoms with Crippen molar-refractivity contribution in [1.82, 2.24) is 14.5 Å². The smallest absolute Gasteiger partial charge is 0.254 e. The van der Waals surface area contributed by atoms with Crippen molar-refractivity contribution in [3.8, 4) is 16.9 Å². The van der Waals surface area contributed by atoms with Crippen molar-refractivity contribution in [1.29, 1.82) is 0 Å². The minimum absolute atomic E-state index is 0.111. The molecule has 2 amide bonds. The number of nitrogens with one attached hydrogen (secondary N) is 1. The number of ether oxygens (including phenoxy) is 1. The lowest BCUT2D eigenvalue weighted by molar-refractivity contribution is -0.117. The van der Waals surface area contributed by atoms with Gasteiger partial charge in [-0.05, 0) is 68.3 Å². The zero-order valence-corrected chi connectivity index (χ0v) is 23.0. The maximum Gasteiger partial charge on any atom is 0.254 e. The van der Waals surface area contributed by atoms with Crippen LogP contribution in [0.5, 0.6) is 0 Å².